The van der Waals surface area contributed by atoms with Gasteiger partial charge in [0.1, 0.15) is 16.4 Å². The van der Waals surface area contributed by atoms with E-state index in [2.05, 4.69) is 5.32 Å². The fourth-order valence-electron chi connectivity index (χ4n) is 1.75. The highest BCUT2D eigenvalue weighted by molar-refractivity contribution is 7.89. The third kappa shape index (κ3) is 3.84. The van der Waals surface area contributed by atoms with Crippen LogP contribution in [0.1, 0.15) is 6.42 Å². The molecule has 6 nitrogen and oxygen atoms in total. The van der Waals surface area contributed by atoms with Gasteiger partial charge in [-0.25, -0.2) is 12.7 Å². The average molecular weight is 302 g/mol. The zero-order chi connectivity index (χ0) is 15.2. The molecule has 0 atom stereocenters. The van der Waals surface area contributed by atoms with Gasteiger partial charge >= 0.3 is 0 Å². The van der Waals surface area contributed by atoms with Gasteiger partial charge in [0, 0.05) is 19.7 Å². The lowest BCUT2D eigenvalue weighted by Gasteiger charge is -2.19. The van der Waals surface area contributed by atoms with E-state index < -0.39 is 10.0 Å². The van der Waals surface area contributed by atoms with Crippen molar-refractivity contribution in [2.75, 3.05) is 41.4 Å². The molecule has 1 aromatic rings. The monoisotopic (exact) mass is 302 g/mol. The highest BCUT2D eigenvalue weighted by atomic mass is 32.2. The molecule has 114 valence electrons. The SMILES string of the molecule is CNCCCN(C)S(=O)(=O)c1cc(OC)ccc1OC. The molecule has 20 heavy (non-hydrogen) atoms. The Morgan fingerprint density at radius 3 is 2.50 bits per heavy atom. The number of benzene rings is 1. The molecule has 0 saturated carbocycles. The van der Waals surface area contributed by atoms with Crippen molar-refractivity contribution in [3.05, 3.63) is 18.2 Å². The minimum Gasteiger partial charge on any atom is -0.497 e. The molecule has 0 bridgehead atoms. The maximum Gasteiger partial charge on any atom is 0.246 e. The summed E-state index contributed by atoms with van der Waals surface area (Å²) in [6.45, 7) is 1.19. The fourth-order valence-corrected chi connectivity index (χ4v) is 3.13. The van der Waals surface area contributed by atoms with Crippen molar-refractivity contribution in [2.24, 2.45) is 0 Å². The number of ether oxygens (including phenoxy) is 2. The van der Waals surface area contributed by atoms with E-state index >= 15 is 0 Å². The Balaban J connectivity index is 3.06. The fraction of sp³-hybridized carbons (Fsp3) is 0.538. The second-order valence-electron chi connectivity index (χ2n) is 4.30. The van der Waals surface area contributed by atoms with Crippen LogP contribution in [0.3, 0.4) is 0 Å². The predicted octanol–water partition coefficient (Wildman–Crippen LogP) is 0.934. The standard InChI is InChI=1S/C13H22N2O4S/c1-14-8-5-9-15(2)20(16,17)13-10-11(18-3)6-7-12(13)19-4/h6-7,10,14H,5,8-9H2,1-4H3. The van der Waals surface area contributed by atoms with Crippen LogP contribution in [0.25, 0.3) is 0 Å². The van der Waals surface area contributed by atoms with Gasteiger partial charge in [-0.1, -0.05) is 0 Å². The summed E-state index contributed by atoms with van der Waals surface area (Å²) in [5.74, 6) is 0.791. The van der Waals surface area contributed by atoms with Crippen LogP contribution < -0.4 is 14.8 Å². The first-order valence-corrected chi connectivity index (χ1v) is 7.74. The molecule has 0 amide bonds. The minimum atomic E-state index is -3.59. The van der Waals surface area contributed by atoms with Gasteiger partial charge in [-0.3, -0.25) is 0 Å². The molecule has 0 spiro atoms. The first kappa shape index (κ1) is 16.7. The Bertz CT molecular complexity index is 531. The molecule has 0 fully saturated rings. The first-order chi connectivity index (χ1) is 9.47. The van der Waals surface area contributed by atoms with Gasteiger partial charge in [0.05, 0.1) is 14.2 Å². The first-order valence-electron chi connectivity index (χ1n) is 6.30. The number of hydrogen-bond donors (Lipinski definition) is 1. The summed E-state index contributed by atoms with van der Waals surface area (Å²) < 4.78 is 36.6. The third-order valence-corrected chi connectivity index (χ3v) is 4.84. The third-order valence-electron chi connectivity index (χ3n) is 2.96. The molecular formula is C13H22N2O4S. The summed E-state index contributed by atoms with van der Waals surface area (Å²) in [4.78, 5) is 0.117. The Morgan fingerprint density at radius 1 is 1.25 bits per heavy atom. The molecule has 0 aliphatic heterocycles. The van der Waals surface area contributed by atoms with Crippen molar-refractivity contribution in [1.29, 1.82) is 0 Å². The molecule has 0 unspecified atom stereocenters. The van der Waals surface area contributed by atoms with Crippen molar-refractivity contribution in [3.63, 3.8) is 0 Å². The average Bonchev–Trinajstić information content (AvgIpc) is 2.46. The van der Waals surface area contributed by atoms with E-state index in [-0.39, 0.29) is 4.90 Å². The Hall–Kier alpha value is -1.31. The summed E-state index contributed by atoms with van der Waals surface area (Å²) in [6.07, 6.45) is 0.735. The van der Waals surface area contributed by atoms with Crippen molar-refractivity contribution in [2.45, 2.75) is 11.3 Å². The summed E-state index contributed by atoms with van der Waals surface area (Å²) in [7, 11) is 2.74. The van der Waals surface area contributed by atoms with Crippen LogP contribution in [0.2, 0.25) is 0 Å². The molecule has 0 aromatic heterocycles. The number of methoxy groups -OCH3 is 2. The molecule has 0 aliphatic carbocycles. The summed E-state index contributed by atoms with van der Waals surface area (Å²) in [6, 6.07) is 4.73. The molecule has 7 heteroatoms. The highest BCUT2D eigenvalue weighted by Crippen LogP contribution is 2.30. The van der Waals surface area contributed by atoms with Crippen LogP contribution in [0.15, 0.2) is 23.1 Å². The van der Waals surface area contributed by atoms with Crippen molar-refractivity contribution < 1.29 is 17.9 Å². The van der Waals surface area contributed by atoms with Crippen molar-refractivity contribution >= 4 is 10.0 Å². The molecular weight excluding hydrogens is 280 g/mol. The van der Waals surface area contributed by atoms with Crippen LogP contribution in [-0.2, 0) is 10.0 Å². The van der Waals surface area contributed by atoms with E-state index in [1.807, 2.05) is 7.05 Å². The molecule has 1 aromatic carbocycles. The zero-order valence-corrected chi connectivity index (χ0v) is 13.2. The van der Waals surface area contributed by atoms with E-state index in [0.717, 1.165) is 13.0 Å². The van der Waals surface area contributed by atoms with Gasteiger partial charge in [-0.05, 0) is 32.1 Å². The summed E-state index contributed by atoms with van der Waals surface area (Å²) in [5.41, 5.74) is 0. The number of sulfonamides is 1. The minimum absolute atomic E-state index is 0.117. The van der Waals surface area contributed by atoms with Crippen LogP contribution >= 0.6 is 0 Å². The number of nitrogens with one attached hydrogen (secondary N) is 1. The molecule has 0 radical (unpaired) electrons. The van der Waals surface area contributed by atoms with E-state index in [9.17, 15) is 8.42 Å². The Labute approximate surface area is 120 Å². The van der Waals surface area contributed by atoms with Gasteiger partial charge < -0.3 is 14.8 Å². The summed E-state index contributed by atoms with van der Waals surface area (Å²) >= 11 is 0. The van der Waals surface area contributed by atoms with E-state index in [1.54, 1.807) is 19.2 Å². The van der Waals surface area contributed by atoms with Gasteiger partial charge in [0.2, 0.25) is 10.0 Å². The molecule has 1 rings (SSSR count). The van der Waals surface area contributed by atoms with Crippen LogP contribution in [0.4, 0.5) is 0 Å². The molecule has 0 heterocycles. The number of nitrogens with zero attached hydrogens (tertiary/aromatic N) is 1. The quantitative estimate of drug-likeness (QED) is 0.724. The lowest BCUT2D eigenvalue weighted by Crippen LogP contribution is -2.29. The molecule has 1 N–H and O–H groups in total. The zero-order valence-electron chi connectivity index (χ0n) is 12.3. The molecule has 0 aliphatic rings. The number of hydrogen-bond acceptors (Lipinski definition) is 5. The lowest BCUT2D eigenvalue weighted by molar-refractivity contribution is 0.388. The largest absolute Gasteiger partial charge is 0.497 e. The van der Waals surface area contributed by atoms with Gasteiger partial charge in [0.15, 0.2) is 0 Å². The van der Waals surface area contributed by atoms with Crippen LogP contribution in [-0.4, -0.2) is 54.1 Å². The normalized spacial score (nSPS) is 11.7. The number of rotatable bonds is 8. The topological polar surface area (TPSA) is 67.9 Å². The van der Waals surface area contributed by atoms with E-state index in [0.29, 0.717) is 18.0 Å². The second kappa shape index (κ2) is 7.47. The smallest absolute Gasteiger partial charge is 0.246 e. The summed E-state index contributed by atoms with van der Waals surface area (Å²) in [5, 5.41) is 2.99. The van der Waals surface area contributed by atoms with Crippen LogP contribution in [0.5, 0.6) is 11.5 Å². The predicted molar refractivity (Wildman–Crippen MR) is 77.9 cm³/mol. The maximum atomic E-state index is 12.5. The highest BCUT2D eigenvalue weighted by Gasteiger charge is 2.25. The van der Waals surface area contributed by atoms with Crippen molar-refractivity contribution in [3.8, 4) is 11.5 Å². The van der Waals surface area contributed by atoms with E-state index in [1.165, 1.54) is 24.6 Å². The van der Waals surface area contributed by atoms with Gasteiger partial charge in [-0.15, -0.1) is 0 Å². The Kier molecular flexibility index (Phi) is 6.25. The van der Waals surface area contributed by atoms with Gasteiger partial charge in [-0.2, -0.15) is 0 Å². The lowest BCUT2D eigenvalue weighted by atomic mass is 10.3. The Morgan fingerprint density at radius 2 is 1.95 bits per heavy atom. The van der Waals surface area contributed by atoms with Crippen LogP contribution in [0, 0.1) is 0 Å². The maximum absolute atomic E-state index is 12.5. The second-order valence-corrected chi connectivity index (χ2v) is 6.31. The van der Waals surface area contributed by atoms with Crippen molar-refractivity contribution in [1.82, 2.24) is 9.62 Å². The molecule has 0 saturated heterocycles. The van der Waals surface area contributed by atoms with Gasteiger partial charge in [0.25, 0.3) is 0 Å². The van der Waals surface area contributed by atoms with E-state index in [4.69, 9.17) is 9.47 Å².